The van der Waals surface area contributed by atoms with E-state index in [0.29, 0.717) is 17.1 Å². The fraction of sp³-hybridized carbons (Fsp3) is 0.182. The average molecular weight is 227 g/mol. The van der Waals surface area contributed by atoms with Crippen LogP contribution in [0.1, 0.15) is 5.56 Å². The van der Waals surface area contributed by atoms with Crippen molar-refractivity contribution in [3.8, 4) is 11.5 Å². The zero-order valence-corrected chi connectivity index (χ0v) is 9.30. The molecule has 0 unspecified atom stereocenters. The molecule has 80 valence electrons. The Balaban J connectivity index is 3.13. The molecule has 0 N–H and O–H groups in total. The lowest BCUT2D eigenvalue weighted by Crippen LogP contribution is -1.95. The van der Waals surface area contributed by atoms with Crippen LogP contribution in [0.25, 0.3) is 5.57 Å². The Morgan fingerprint density at radius 2 is 1.87 bits per heavy atom. The number of halogens is 1. The Labute approximate surface area is 93.3 Å². The zero-order chi connectivity index (χ0) is 11.4. The molecule has 0 spiro atoms. The summed E-state index contributed by atoms with van der Waals surface area (Å²) in [5.74, 6) is 1.13. The molecule has 3 nitrogen and oxygen atoms in total. The Kier molecular flexibility index (Phi) is 3.74. The third-order valence-electron chi connectivity index (χ3n) is 1.97. The first-order valence-corrected chi connectivity index (χ1v) is 4.59. The number of carbonyl (C=O) groups is 1. The SMILES string of the molecule is C=C(C(=O)Cl)c1ccc(OC)c(OC)c1. The topological polar surface area (TPSA) is 35.5 Å². The first kappa shape index (κ1) is 11.6. The highest BCUT2D eigenvalue weighted by Gasteiger charge is 2.10. The van der Waals surface area contributed by atoms with E-state index in [4.69, 9.17) is 21.1 Å². The number of allylic oxidation sites excluding steroid dienone is 1. The van der Waals surface area contributed by atoms with E-state index in [1.165, 1.54) is 7.11 Å². The normalized spacial score (nSPS) is 9.53. The molecule has 0 bridgehead atoms. The lowest BCUT2D eigenvalue weighted by atomic mass is 10.1. The van der Waals surface area contributed by atoms with E-state index in [0.717, 1.165) is 0 Å². The fourth-order valence-electron chi connectivity index (χ4n) is 1.14. The number of hydrogen-bond acceptors (Lipinski definition) is 3. The van der Waals surface area contributed by atoms with Gasteiger partial charge in [-0.15, -0.1) is 0 Å². The summed E-state index contributed by atoms with van der Waals surface area (Å²) >= 11 is 5.32. The fourth-order valence-corrected chi connectivity index (χ4v) is 1.25. The van der Waals surface area contributed by atoms with Gasteiger partial charge in [0.25, 0.3) is 5.24 Å². The molecule has 15 heavy (non-hydrogen) atoms. The van der Waals surface area contributed by atoms with E-state index in [1.54, 1.807) is 25.3 Å². The van der Waals surface area contributed by atoms with Gasteiger partial charge in [0, 0.05) is 5.57 Å². The van der Waals surface area contributed by atoms with Crippen LogP contribution in [0.3, 0.4) is 0 Å². The van der Waals surface area contributed by atoms with Crippen LogP contribution < -0.4 is 9.47 Å². The maximum atomic E-state index is 10.9. The van der Waals surface area contributed by atoms with Crippen LogP contribution in [0.5, 0.6) is 11.5 Å². The van der Waals surface area contributed by atoms with E-state index in [9.17, 15) is 4.79 Å². The molecule has 0 aliphatic carbocycles. The Morgan fingerprint density at radius 3 is 2.33 bits per heavy atom. The third kappa shape index (κ3) is 2.50. The van der Waals surface area contributed by atoms with Crippen molar-refractivity contribution in [2.75, 3.05) is 14.2 Å². The maximum absolute atomic E-state index is 10.9. The van der Waals surface area contributed by atoms with Gasteiger partial charge >= 0.3 is 0 Å². The summed E-state index contributed by atoms with van der Waals surface area (Å²) < 4.78 is 10.1. The number of ether oxygens (including phenoxy) is 2. The summed E-state index contributed by atoms with van der Waals surface area (Å²) in [5, 5.41) is -0.581. The smallest absolute Gasteiger partial charge is 0.252 e. The molecule has 0 aliphatic heterocycles. The van der Waals surface area contributed by atoms with Crippen molar-refractivity contribution >= 4 is 22.4 Å². The highest BCUT2D eigenvalue weighted by Crippen LogP contribution is 2.30. The predicted molar refractivity (Wildman–Crippen MR) is 59.4 cm³/mol. The Hall–Kier alpha value is -1.48. The lowest BCUT2D eigenvalue weighted by Gasteiger charge is -2.09. The summed E-state index contributed by atoms with van der Waals surface area (Å²) in [6.45, 7) is 3.58. The second-order valence-corrected chi connectivity index (χ2v) is 3.17. The Bertz CT molecular complexity index is 399. The van der Waals surface area contributed by atoms with E-state index < -0.39 is 5.24 Å². The molecule has 0 fully saturated rings. The van der Waals surface area contributed by atoms with Crippen LogP contribution in [0.2, 0.25) is 0 Å². The van der Waals surface area contributed by atoms with Crippen LogP contribution >= 0.6 is 11.6 Å². The molecule has 0 heterocycles. The quantitative estimate of drug-likeness (QED) is 0.585. The number of rotatable bonds is 4. The number of methoxy groups -OCH3 is 2. The van der Waals surface area contributed by atoms with Crippen molar-refractivity contribution in [3.63, 3.8) is 0 Å². The minimum absolute atomic E-state index is 0.234. The van der Waals surface area contributed by atoms with Crippen LogP contribution in [0.4, 0.5) is 0 Å². The molecular weight excluding hydrogens is 216 g/mol. The van der Waals surface area contributed by atoms with Crippen molar-refractivity contribution in [1.82, 2.24) is 0 Å². The molecular formula is C11H11ClO3. The van der Waals surface area contributed by atoms with Crippen molar-refractivity contribution in [2.45, 2.75) is 0 Å². The first-order chi connectivity index (χ1) is 7.10. The van der Waals surface area contributed by atoms with Gasteiger partial charge in [0.2, 0.25) is 0 Å². The van der Waals surface area contributed by atoms with Crippen LogP contribution in [0.15, 0.2) is 24.8 Å². The summed E-state index contributed by atoms with van der Waals surface area (Å²) in [6, 6.07) is 5.05. The van der Waals surface area contributed by atoms with Crippen LogP contribution in [0, 0.1) is 0 Å². The number of benzene rings is 1. The largest absolute Gasteiger partial charge is 0.493 e. The second kappa shape index (κ2) is 4.84. The first-order valence-electron chi connectivity index (χ1n) is 4.21. The van der Waals surface area contributed by atoms with Crippen LogP contribution in [-0.2, 0) is 4.79 Å². The molecule has 0 aromatic heterocycles. The van der Waals surface area contributed by atoms with Crippen molar-refractivity contribution < 1.29 is 14.3 Å². The lowest BCUT2D eigenvalue weighted by molar-refractivity contribution is -0.106. The monoisotopic (exact) mass is 226 g/mol. The van der Waals surface area contributed by atoms with Gasteiger partial charge in [0.15, 0.2) is 11.5 Å². The van der Waals surface area contributed by atoms with Crippen molar-refractivity contribution in [2.24, 2.45) is 0 Å². The minimum Gasteiger partial charge on any atom is -0.493 e. The summed E-state index contributed by atoms with van der Waals surface area (Å²) in [6.07, 6.45) is 0. The molecule has 1 aromatic rings. The molecule has 0 amide bonds. The molecule has 1 aromatic carbocycles. The predicted octanol–water partition coefficient (Wildman–Crippen LogP) is 2.48. The minimum atomic E-state index is -0.581. The molecule has 0 saturated heterocycles. The number of hydrogen-bond donors (Lipinski definition) is 0. The van der Waals surface area contributed by atoms with Gasteiger partial charge in [0.1, 0.15) is 0 Å². The third-order valence-corrected chi connectivity index (χ3v) is 2.20. The molecule has 0 aliphatic rings. The Morgan fingerprint density at radius 1 is 1.27 bits per heavy atom. The van der Waals surface area contributed by atoms with Gasteiger partial charge < -0.3 is 9.47 Å². The van der Waals surface area contributed by atoms with Crippen molar-refractivity contribution in [1.29, 1.82) is 0 Å². The van der Waals surface area contributed by atoms with Gasteiger partial charge in [0.05, 0.1) is 14.2 Å². The molecule has 1 rings (SSSR count). The zero-order valence-electron chi connectivity index (χ0n) is 8.54. The highest BCUT2D eigenvalue weighted by molar-refractivity contribution is 6.74. The summed E-state index contributed by atoms with van der Waals surface area (Å²) in [4.78, 5) is 10.9. The van der Waals surface area contributed by atoms with E-state index in [-0.39, 0.29) is 5.57 Å². The number of carbonyl (C=O) groups excluding carboxylic acids is 1. The van der Waals surface area contributed by atoms with Gasteiger partial charge in [-0.3, -0.25) is 4.79 Å². The van der Waals surface area contributed by atoms with E-state index >= 15 is 0 Å². The van der Waals surface area contributed by atoms with Crippen LogP contribution in [-0.4, -0.2) is 19.5 Å². The summed E-state index contributed by atoms with van der Waals surface area (Å²) in [7, 11) is 3.06. The van der Waals surface area contributed by atoms with Crippen molar-refractivity contribution in [3.05, 3.63) is 30.3 Å². The van der Waals surface area contributed by atoms with Gasteiger partial charge in [-0.1, -0.05) is 12.6 Å². The van der Waals surface area contributed by atoms with Gasteiger partial charge in [-0.25, -0.2) is 0 Å². The van der Waals surface area contributed by atoms with Gasteiger partial charge in [-0.2, -0.15) is 0 Å². The maximum Gasteiger partial charge on any atom is 0.252 e. The molecule has 0 atom stereocenters. The summed E-state index contributed by atoms with van der Waals surface area (Å²) in [5.41, 5.74) is 0.852. The van der Waals surface area contributed by atoms with Gasteiger partial charge in [-0.05, 0) is 29.3 Å². The highest BCUT2D eigenvalue weighted by atomic mass is 35.5. The van der Waals surface area contributed by atoms with E-state index in [2.05, 4.69) is 6.58 Å². The molecule has 0 saturated carbocycles. The molecule has 4 heteroatoms. The standard InChI is InChI=1S/C11H11ClO3/c1-7(11(12)13)8-4-5-9(14-2)10(6-8)15-3/h4-6H,1H2,2-3H3. The second-order valence-electron chi connectivity index (χ2n) is 2.82. The van der Waals surface area contributed by atoms with E-state index in [1.807, 2.05) is 0 Å². The molecule has 0 radical (unpaired) electrons. The average Bonchev–Trinajstić information content (AvgIpc) is 2.26.